The van der Waals surface area contributed by atoms with Crippen molar-refractivity contribution in [3.8, 4) is 11.8 Å². The highest BCUT2D eigenvalue weighted by Gasteiger charge is 2.26. The van der Waals surface area contributed by atoms with Crippen LogP contribution in [0.15, 0.2) is 24.3 Å². The first kappa shape index (κ1) is 15.3. The molecule has 1 saturated heterocycles. The molecule has 21 heavy (non-hydrogen) atoms. The van der Waals surface area contributed by atoms with Crippen LogP contribution in [0.1, 0.15) is 12.0 Å². The van der Waals surface area contributed by atoms with E-state index in [1.807, 2.05) is 11.0 Å². The number of carbonyl (C=O) groups is 1. The zero-order valence-electron chi connectivity index (χ0n) is 11.8. The van der Waals surface area contributed by atoms with Gasteiger partial charge in [-0.3, -0.25) is 9.69 Å². The normalized spacial score (nSPS) is 18.9. The van der Waals surface area contributed by atoms with Crippen molar-refractivity contribution in [2.75, 3.05) is 32.9 Å². The third kappa shape index (κ3) is 4.45. The SMILES string of the molecule is N#Cc1cccc(OCCCN2CCOCC2C(N)=O)c1. The van der Waals surface area contributed by atoms with E-state index in [9.17, 15) is 4.79 Å². The van der Waals surface area contributed by atoms with Gasteiger partial charge < -0.3 is 15.2 Å². The maximum absolute atomic E-state index is 11.3. The Morgan fingerprint density at radius 2 is 2.43 bits per heavy atom. The second-order valence-corrected chi connectivity index (χ2v) is 4.87. The van der Waals surface area contributed by atoms with Crippen LogP contribution in [-0.2, 0) is 9.53 Å². The maximum Gasteiger partial charge on any atom is 0.237 e. The Hall–Kier alpha value is -2.10. The molecule has 1 aliphatic rings. The Morgan fingerprint density at radius 1 is 1.57 bits per heavy atom. The number of primary amides is 1. The van der Waals surface area contributed by atoms with E-state index < -0.39 is 0 Å². The molecule has 0 spiro atoms. The van der Waals surface area contributed by atoms with E-state index in [1.54, 1.807) is 18.2 Å². The molecule has 0 radical (unpaired) electrons. The number of hydrogen-bond acceptors (Lipinski definition) is 5. The second-order valence-electron chi connectivity index (χ2n) is 4.87. The fourth-order valence-electron chi connectivity index (χ4n) is 2.28. The molecule has 6 heteroatoms. The number of hydrogen-bond donors (Lipinski definition) is 1. The van der Waals surface area contributed by atoms with Crippen LogP contribution >= 0.6 is 0 Å². The average Bonchev–Trinajstić information content (AvgIpc) is 2.52. The number of morpholine rings is 1. The summed E-state index contributed by atoms with van der Waals surface area (Å²) in [6.07, 6.45) is 0.778. The van der Waals surface area contributed by atoms with Gasteiger partial charge in [-0.25, -0.2) is 0 Å². The lowest BCUT2D eigenvalue weighted by atomic mass is 10.2. The highest BCUT2D eigenvalue weighted by atomic mass is 16.5. The van der Waals surface area contributed by atoms with Gasteiger partial charge in [0, 0.05) is 13.1 Å². The highest BCUT2D eigenvalue weighted by molar-refractivity contribution is 5.80. The summed E-state index contributed by atoms with van der Waals surface area (Å²) < 4.78 is 10.9. The van der Waals surface area contributed by atoms with Crippen molar-refractivity contribution in [2.24, 2.45) is 5.73 Å². The number of nitrogens with two attached hydrogens (primary N) is 1. The first-order valence-electron chi connectivity index (χ1n) is 6.95. The topological polar surface area (TPSA) is 88.6 Å². The largest absolute Gasteiger partial charge is 0.494 e. The van der Waals surface area contributed by atoms with Crippen LogP contribution in [0.3, 0.4) is 0 Å². The molecule has 0 aliphatic carbocycles. The molecule has 6 nitrogen and oxygen atoms in total. The summed E-state index contributed by atoms with van der Waals surface area (Å²) in [5, 5.41) is 8.82. The monoisotopic (exact) mass is 289 g/mol. The number of rotatable bonds is 6. The van der Waals surface area contributed by atoms with Crippen LogP contribution in [0.2, 0.25) is 0 Å². The van der Waals surface area contributed by atoms with E-state index in [0.717, 1.165) is 13.0 Å². The number of benzene rings is 1. The van der Waals surface area contributed by atoms with Gasteiger partial charge in [0.15, 0.2) is 0 Å². The smallest absolute Gasteiger partial charge is 0.237 e. The van der Waals surface area contributed by atoms with Gasteiger partial charge in [-0.1, -0.05) is 6.07 Å². The van der Waals surface area contributed by atoms with E-state index in [0.29, 0.717) is 37.7 Å². The number of carbonyl (C=O) groups excluding carboxylic acids is 1. The fraction of sp³-hybridized carbons (Fsp3) is 0.467. The summed E-state index contributed by atoms with van der Waals surface area (Å²) in [6, 6.07) is 8.78. The summed E-state index contributed by atoms with van der Waals surface area (Å²) >= 11 is 0. The molecule has 1 unspecified atom stereocenters. The minimum atomic E-state index is -0.350. The van der Waals surface area contributed by atoms with Crippen molar-refractivity contribution in [1.82, 2.24) is 4.90 Å². The lowest BCUT2D eigenvalue weighted by Crippen LogP contribution is -2.52. The quantitative estimate of drug-likeness (QED) is 0.771. The van der Waals surface area contributed by atoms with E-state index in [2.05, 4.69) is 6.07 Å². The van der Waals surface area contributed by atoms with Gasteiger partial charge in [-0.05, 0) is 24.6 Å². The van der Waals surface area contributed by atoms with Crippen LogP contribution in [0.4, 0.5) is 0 Å². The van der Waals surface area contributed by atoms with Crippen molar-refractivity contribution < 1.29 is 14.3 Å². The average molecular weight is 289 g/mol. The molecular formula is C15H19N3O3. The molecule has 1 amide bonds. The molecule has 112 valence electrons. The Balaban J connectivity index is 1.76. The van der Waals surface area contributed by atoms with Crippen LogP contribution in [0, 0.1) is 11.3 Å². The van der Waals surface area contributed by atoms with Crippen molar-refractivity contribution in [3.63, 3.8) is 0 Å². The van der Waals surface area contributed by atoms with E-state index in [4.69, 9.17) is 20.5 Å². The zero-order valence-corrected chi connectivity index (χ0v) is 11.8. The number of amides is 1. The number of nitrogens with zero attached hydrogens (tertiary/aromatic N) is 2. The molecule has 1 atom stereocenters. The van der Waals surface area contributed by atoms with Crippen LogP contribution < -0.4 is 10.5 Å². The zero-order chi connectivity index (χ0) is 15.1. The summed E-state index contributed by atoms with van der Waals surface area (Å²) in [5.41, 5.74) is 5.94. The minimum Gasteiger partial charge on any atom is -0.494 e. The van der Waals surface area contributed by atoms with Crippen molar-refractivity contribution >= 4 is 5.91 Å². The Bertz CT molecular complexity index is 527. The molecule has 1 aromatic carbocycles. The molecule has 1 heterocycles. The Morgan fingerprint density at radius 3 is 3.19 bits per heavy atom. The lowest BCUT2D eigenvalue weighted by Gasteiger charge is -2.33. The van der Waals surface area contributed by atoms with E-state index >= 15 is 0 Å². The molecule has 2 N–H and O–H groups in total. The van der Waals surface area contributed by atoms with Gasteiger partial charge in [-0.15, -0.1) is 0 Å². The van der Waals surface area contributed by atoms with E-state index in [1.165, 1.54) is 0 Å². The van der Waals surface area contributed by atoms with Gasteiger partial charge in [0.2, 0.25) is 5.91 Å². The minimum absolute atomic E-state index is 0.347. The lowest BCUT2D eigenvalue weighted by molar-refractivity contribution is -0.129. The Kier molecular flexibility index (Phi) is 5.55. The van der Waals surface area contributed by atoms with Crippen LogP contribution in [-0.4, -0.2) is 49.8 Å². The van der Waals surface area contributed by atoms with Gasteiger partial charge in [-0.2, -0.15) is 5.26 Å². The fourth-order valence-corrected chi connectivity index (χ4v) is 2.28. The molecular weight excluding hydrogens is 270 g/mol. The molecule has 1 aliphatic heterocycles. The van der Waals surface area contributed by atoms with Gasteiger partial charge in [0.05, 0.1) is 31.5 Å². The van der Waals surface area contributed by atoms with Gasteiger partial charge >= 0.3 is 0 Å². The summed E-state index contributed by atoms with van der Waals surface area (Å²) in [6.45, 7) is 2.94. The second kappa shape index (κ2) is 7.62. The molecule has 2 rings (SSSR count). The highest BCUT2D eigenvalue weighted by Crippen LogP contribution is 2.13. The van der Waals surface area contributed by atoms with E-state index in [-0.39, 0.29) is 11.9 Å². The van der Waals surface area contributed by atoms with Crippen LogP contribution in [0.25, 0.3) is 0 Å². The third-order valence-corrected chi connectivity index (χ3v) is 3.39. The molecule has 0 aromatic heterocycles. The predicted octanol–water partition coefficient (Wildman–Crippen LogP) is 0.513. The predicted molar refractivity (Wildman–Crippen MR) is 76.6 cm³/mol. The maximum atomic E-state index is 11.3. The molecule has 0 saturated carbocycles. The molecule has 1 fully saturated rings. The standard InChI is InChI=1S/C15H19N3O3/c16-10-12-3-1-4-13(9-12)21-7-2-5-18-6-8-20-11-14(18)15(17)19/h1,3-4,9,14H,2,5-8,11H2,(H2,17,19). The molecule has 0 bridgehead atoms. The third-order valence-electron chi connectivity index (χ3n) is 3.39. The summed E-state index contributed by atoms with van der Waals surface area (Å²) in [5.74, 6) is 0.333. The number of ether oxygens (including phenoxy) is 2. The van der Waals surface area contributed by atoms with Crippen LogP contribution in [0.5, 0.6) is 5.75 Å². The number of nitriles is 1. The summed E-state index contributed by atoms with van der Waals surface area (Å²) in [4.78, 5) is 13.4. The molecule has 1 aromatic rings. The first-order chi connectivity index (χ1) is 10.2. The van der Waals surface area contributed by atoms with Gasteiger partial charge in [0.25, 0.3) is 0 Å². The van der Waals surface area contributed by atoms with Crippen molar-refractivity contribution in [2.45, 2.75) is 12.5 Å². The summed E-state index contributed by atoms with van der Waals surface area (Å²) in [7, 11) is 0. The van der Waals surface area contributed by atoms with Crippen molar-refractivity contribution in [3.05, 3.63) is 29.8 Å². The van der Waals surface area contributed by atoms with Crippen molar-refractivity contribution in [1.29, 1.82) is 5.26 Å². The van der Waals surface area contributed by atoms with Gasteiger partial charge in [0.1, 0.15) is 11.8 Å². The first-order valence-corrected chi connectivity index (χ1v) is 6.95. The Labute approximate surface area is 124 Å².